The second-order valence-electron chi connectivity index (χ2n) is 4.91. The zero-order valence-electron chi connectivity index (χ0n) is 11.8. The van der Waals surface area contributed by atoms with Gasteiger partial charge in [-0.3, -0.25) is 4.98 Å². The number of nitrogens with two attached hydrogens (primary N) is 1. The number of pyridine rings is 1. The molecule has 0 saturated heterocycles. The van der Waals surface area contributed by atoms with Crippen molar-refractivity contribution in [3.05, 3.63) is 59.7 Å². The van der Waals surface area contributed by atoms with E-state index in [1.54, 1.807) is 6.07 Å². The molecule has 20 heavy (non-hydrogen) atoms. The molecule has 0 bridgehead atoms. The van der Waals surface area contributed by atoms with Gasteiger partial charge < -0.3 is 10.5 Å². The molecular formula is C16H19FN2O. The zero-order chi connectivity index (χ0) is 14.6. The minimum atomic E-state index is -0.835. The summed E-state index contributed by atoms with van der Waals surface area (Å²) in [4.78, 5) is 4.09. The average molecular weight is 274 g/mol. The maximum atomic E-state index is 13.0. The van der Waals surface area contributed by atoms with Crippen LogP contribution in [0.25, 0.3) is 0 Å². The molecule has 3 nitrogen and oxygen atoms in total. The molecule has 1 heterocycles. The van der Waals surface area contributed by atoms with E-state index in [9.17, 15) is 4.39 Å². The second kappa shape index (κ2) is 6.01. The number of nitrogens with zero attached hydrogens (tertiary/aromatic N) is 1. The Balaban J connectivity index is 2.40. The fourth-order valence-corrected chi connectivity index (χ4v) is 2.05. The first-order valence-electron chi connectivity index (χ1n) is 6.69. The summed E-state index contributed by atoms with van der Waals surface area (Å²) in [5.74, 6) is 0.366. The number of rotatable bonds is 5. The summed E-state index contributed by atoms with van der Waals surface area (Å²) < 4.78 is 18.7. The lowest BCUT2D eigenvalue weighted by Crippen LogP contribution is -2.35. The molecule has 2 aromatic rings. The first-order valence-corrected chi connectivity index (χ1v) is 6.69. The van der Waals surface area contributed by atoms with Crippen LogP contribution in [0.1, 0.15) is 31.5 Å². The monoisotopic (exact) mass is 274 g/mol. The van der Waals surface area contributed by atoms with Gasteiger partial charge >= 0.3 is 0 Å². The van der Waals surface area contributed by atoms with Gasteiger partial charge in [0.2, 0.25) is 0 Å². The number of hydrogen-bond acceptors (Lipinski definition) is 3. The smallest absolute Gasteiger partial charge is 0.141 e. The van der Waals surface area contributed by atoms with Gasteiger partial charge in [-0.1, -0.05) is 25.1 Å². The van der Waals surface area contributed by atoms with Crippen LogP contribution in [0.2, 0.25) is 0 Å². The Morgan fingerprint density at radius 2 is 2.00 bits per heavy atom. The van der Waals surface area contributed by atoms with E-state index in [-0.39, 0.29) is 5.82 Å². The maximum absolute atomic E-state index is 13.0. The predicted molar refractivity (Wildman–Crippen MR) is 77.1 cm³/mol. The van der Waals surface area contributed by atoms with E-state index in [0.29, 0.717) is 12.3 Å². The van der Waals surface area contributed by atoms with Gasteiger partial charge in [-0.05, 0) is 31.5 Å². The molecule has 0 spiro atoms. The molecule has 1 aromatic carbocycles. The molecule has 0 radical (unpaired) electrons. The largest absolute Gasteiger partial charge is 0.493 e. The van der Waals surface area contributed by atoms with Crippen molar-refractivity contribution in [1.82, 2.24) is 4.98 Å². The van der Waals surface area contributed by atoms with Crippen molar-refractivity contribution >= 4 is 0 Å². The Morgan fingerprint density at radius 3 is 2.65 bits per heavy atom. The van der Waals surface area contributed by atoms with Crippen LogP contribution in [-0.4, -0.2) is 11.6 Å². The highest BCUT2D eigenvalue weighted by atomic mass is 19.1. The third-order valence-corrected chi connectivity index (χ3v) is 3.17. The van der Waals surface area contributed by atoms with Crippen molar-refractivity contribution in [1.29, 1.82) is 0 Å². The van der Waals surface area contributed by atoms with E-state index in [0.717, 1.165) is 17.7 Å². The van der Waals surface area contributed by atoms with Crippen LogP contribution in [0, 0.1) is 5.82 Å². The van der Waals surface area contributed by atoms with E-state index in [1.165, 1.54) is 12.3 Å². The molecule has 2 rings (SSSR count). The molecule has 0 aliphatic carbocycles. The summed E-state index contributed by atoms with van der Waals surface area (Å²) in [6, 6.07) is 10.6. The lowest BCUT2D eigenvalue weighted by molar-refractivity contribution is 0.308. The van der Waals surface area contributed by atoms with Gasteiger partial charge in [-0.25, -0.2) is 4.39 Å². The topological polar surface area (TPSA) is 48.1 Å². The number of aromatic nitrogens is 1. The quantitative estimate of drug-likeness (QED) is 0.910. The number of ether oxygens (including phenoxy) is 1. The Labute approximate surface area is 118 Å². The van der Waals surface area contributed by atoms with E-state index < -0.39 is 5.54 Å². The summed E-state index contributed by atoms with van der Waals surface area (Å²) in [6.45, 7) is 4.52. The third-order valence-electron chi connectivity index (χ3n) is 3.17. The molecule has 1 unspecified atom stereocenters. The molecule has 0 amide bonds. The van der Waals surface area contributed by atoms with Gasteiger partial charge in [0.1, 0.15) is 11.6 Å². The molecule has 106 valence electrons. The van der Waals surface area contributed by atoms with E-state index in [4.69, 9.17) is 10.5 Å². The molecule has 0 aliphatic rings. The van der Waals surface area contributed by atoms with Crippen LogP contribution in [-0.2, 0) is 5.54 Å². The van der Waals surface area contributed by atoms with Crippen LogP contribution in [0.15, 0.2) is 42.6 Å². The van der Waals surface area contributed by atoms with Gasteiger partial charge in [0, 0.05) is 5.56 Å². The zero-order valence-corrected chi connectivity index (χ0v) is 11.8. The molecule has 1 aromatic heterocycles. The van der Waals surface area contributed by atoms with Crippen molar-refractivity contribution in [3.63, 3.8) is 0 Å². The van der Waals surface area contributed by atoms with Gasteiger partial charge in [-0.15, -0.1) is 0 Å². The highest BCUT2D eigenvalue weighted by Crippen LogP contribution is 2.32. The lowest BCUT2D eigenvalue weighted by atomic mass is 9.88. The average Bonchev–Trinajstić information content (AvgIpc) is 2.46. The number of para-hydroxylation sites is 1. The number of benzene rings is 1. The minimum Gasteiger partial charge on any atom is -0.493 e. The van der Waals surface area contributed by atoms with Crippen LogP contribution in [0.3, 0.4) is 0 Å². The first kappa shape index (κ1) is 14.5. The maximum Gasteiger partial charge on any atom is 0.141 e. The third kappa shape index (κ3) is 2.96. The molecule has 2 N–H and O–H groups in total. The van der Waals surface area contributed by atoms with Gasteiger partial charge in [0.25, 0.3) is 0 Å². The van der Waals surface area contributed by atoms with Gasteiger partial charge in [0.15, 0.2) is 0 Å². The summed E-state index contributed by atoms with van der Waals surface area (Å²) in [5, 5.41) is 0. The normalized spacial score (nSPS) is 13.8. The number of hydrogen-bond donors (Lipinski definition) is 1. The molecule has 4 heteroatoms. The summed E-state index contributed by atoms with van der Waals surface area (Å²) in [6.07, 6.45) is 2.10. The number of halogens is 1. The van der Waals surface area contributed by atoms with Crippen molar-refractivity contribution in [3.8, 4) is 5.75 Å². The fourth-order valence-electron chi connectivity index (χ4n) is 2.05. The highest BCUT2D eigenvalue weighted by Gasteiger charge is 2.28. The van der Waals surface area contributed by atoms with Crippen LogP contribution >= 0.6 is 0 Å². The summed E-state index contributed by atoms with van der Waals surface area (Å²) >= 11 is 0. The highest BCUT2D eigenvalue weighted by molar-refractivity contribution is 5.43. The van der Waals surface area contributed by atoms with Crippen LogP contribution < -0.4 is 10.5 Å². The molecule has 0 fully saturated rings. The van der Waals surface area contributed by atoms with Crippen molar-refractivity contribution in [2.24, 2.45) is 5.73 Å². The first-order chi connectivity index (χ1) is 9.55. The van der Waals surface area contributed by atoms with Crippen LogP contribution in [0.4, 0.5) is 4.39 Å². The minimum absolute atomic E-state index is 0.375. The molecule has 0 aliphatic heterocycles. The second-order valence-corrected chi connectivity index (χ2v) is 4.91. The Morgan fingerprint density at radius 1 is 1.25 bits per heavy atom. The standard InChI is InChI=1S/C16H19FN2O/c1-3-10-20-14-7-5-4-6-13(14)16(2,18)15-9-8-12(17)11-19-15/h4-9,11H,3,10,18H2,1-2H3. The van der Waals surface area contributed by atoms with E-state index in [1.807, 2.05) is 38.1 Å². The Bertz CT molecular complexity index is 567. The Kier molecular flexibility index (Phi) is 4.35. The summed E-state index contributed by atoms with van der Waals surface area (Å²) in [7, 11) is 0. The van der Waals surface area contributed by atoms with Crippen molar-refractivity contribution < 1.29 is 9.13 Å². The molecule has 0 saturated carbocycles. The van der Waals surface area contributed by atoms with E-state index >= 15 is 0 Å². The SMILES string of the molecule is CCCOc1ccccc1C(C)(N)c1ccc(F)cn1. The fraction of sp³-hybridized carbons (Fsp3) is 0.312. The van der Waals surface area contributed by atoms with Gasteiger partial charge in [-0.2, -0.15) is 0 Å². The van der Waals surface area contributed by atoms with Crippen molar-refractivity contribution in [2.45, 2.75) is 25.8 Å². The predicted octanol–water partition coefficient (Wildman–Crippen LogP) is 3.23. The lowest BCUT2D eigenvalue weighted by Gasteiger charge is -2.27. The van der Waals surface area contributed by atoms with Crippen LogP contribution in [0.5, 0.6) is 5.75 Å². The Hall–Kier alpha value is -1.94. The summed E-state index contributed by atoms with van der Waals surface area (Å²) in [5.41, 5.74) is 7.03. The van der Waals surface area contributed by atoms with E-state index in [2.05, 4.69) is 4.98 Å². The molecular weight excluding hydrogens is 255 g/mol. The van der Waals surface area contributed by atoms with Crippen molar-refractivity contribution in [2.75, 3.05) is 6.61 Å². The molecule has 1 atom stereocenters. The van der Waals surface area contributed by atoms with Gasteiger partial charge in [0.05, 0.1) is 24.0 Å².